The molecule has 0 aliphatic carbocycles. The van der Waals surface area contributed by atoms with Crippen LogP contribution in [-0.4, -0.2) is 36.7 Å². The van der Waals surface area contributed by atoms with E-state index in [0.29, 0.717) is 11.6 Å². The van der Waals surface area contributed by atoms with Crippen LogP contribution in [0.2, 0.25) is 0 Å². The minimum Gasteiger partial charge on any atom is -0.496 e. The fraction of sp³-hybridized carbons (Fsp3) is 0.375. The third-order valence-corrected chi connectivity index (χ3v) is 3.54. The highest BCUT2D eigenvalue weighted by atomic mass is 16.5. The number of ether oxygens (including phenoxy) is 1. The molecule has 1 N–H and O–H groups in total. The first-order valence-corrected chi connectivity index (χ1v) is 7.07. The number of carbonyl (C=O) groups is 1. The Labute approximate surface area is 130 Å². The molecule has 0 unspecified atom stereocenters. The van der Waals surface area contributed by atoms with Crippen LogP contribution in [0.15, 0.2) is 34.9 Å². The molecule has 1 atom stereocenters. The van der Waals surface area contributed by atoms with E-state index in [2.05, 4.69) is 10.5 Å². The van der Waals surface area contributed by atoms with Crippen molar-refractivity contribution in [2.75, 3.05) is 26.0 Å². The van der Waals surface area contributed by atoms with Gasteiger partial charge in [-0.25, -0.2) is 0 Å². The first-order chi connectivity index (χ1) is 10.5. The monoisotopic (exact) mass is 303 g/mol. The van der Waals surface area contributed by atoms with Gasteiger partial charge in [-0.1, -0.05) is 23.4 Å². The lowest BCUT2D eigenvalue weighted by molar-refractivity contribution is -0.117. The van der Waals surface area contributed by atoms with E-state index in [0.717, 1.165) is 11.3 Å². The zero-order chi connectivity index (χ0) is 16.1. The maximum atomic E-state index is 12.1. The molecule has 0 aliphatic heterocycles. The second-order valence-electron chi connectivity index (χ2n) is 5.20. The largest absolute Gasteiger partial charge is 0.496 e. The molecule has 118 valence electrons. The highest BCUT2D eigenvalue weighted by Gasteiger charge is 2.18. The number of methoxy groups -OCH3 is 1. The second kappa shape index (κ2) is 7.09. The van der Waals surface area contributed by atoms with Crippen molar-refractivity contribution in [1.82, 2.24) is 10.1 Å². The number of amides is 1. The van der Waals surface area contributed by atoms with Gasteiger partial charge < -0.3 is 14.6 Å². The summed E-state index contributed by atoms with van der Waals surface area (Å²) in [6, 6.07) is 9.52. The molecule has 6 heteroatoms. The summed E-state index contributed by atoms with van der Waals surface area (Å²) in [5.74, 6) is 1.76. The number of anilines is 1. The van der Waals surface area contributed by atoms with Gasteiger partial charge in [-0.2, -0.15) is 0 Å². The molecule has 6 nitrogen and oxygen atoms in total. The van der Waals surface area contributed by atoms with Gasteiger partial charge in [0.1, 0.15) is 11.5 Å². The molecular weight excluding hydrogens is 282 g/mol. The van der Waals surface area contributed by atoms with Crippen molar-refractivity contribution in [2.24, 2.45) is 0 Å². The number of carbonyl (C=O) groups excluding carboxylic acids is 1. The van der Waals surface area contributed by atoms with Crippen molar-refractivity contribution in [1.29, 1.82) is 0 Å². The van der Waals surface area contributed by atoms with E-state index in [1.54, 1.807) is 20.1 Å². The summed E-state index contributed by atoms with van der Waals surface area (Å²) in [6.07, 6.45) is 0. The first kappa shape index (κ1) is 16.0. The Kier molecular flexibility index (Phi) is 5.16. The van der Waals surface area contributed by atoms with Crippen LogP contribution in [0.3, 0.4) is 0 Å². The maximum Gasteiger partial charge on any atom is 0.239 e. The van der Waals surface area contributed by atoms with Gasteiger partial charge in [0.05, 0.1) is 13.7 Å². The normalized spacial score (nSPS) is 12.2. The van der Waals surface area contributed by atoms with Gasteiger partial charge in [0.15, 0.2) is 5.82 Å². The summed E-state index contributed by atoms with van der Waals surface area (Å²) in [7, 11) is 3.54. The van der Waals surface area contributed by atoms with Crippen LogP contribution in [0.25, 0.3) is 0 Å². The van der Waals surface area contributed by atoms with Crippen LogP contribution in [0.1, 0.15) is 24.3 Å². The Morgan fingerprint density at radius 2 is 2.18 bits per heavy atom. The molecule has 0 saturated heterocycles. The van der Waals surface area contributed by atoms with Crippen LogP contribution in [0.4, 0.5) is 5.82 Å². The van der Waals surface area contributed by atoms with E-state index < -0.39 is 0 Å². The highest BCUT2D eigenvalue weighted by molar-refractivity contribution is 5.91. The van der Waals surface area contributed by atoms with Gasteiger partial charge in [0, 0.05) is 17.7 Å². The summed E-state index contributed by atoms with van der Waals surface area (Å²) in [6.45, 7) is 4.05. The van der Waals surface area contributed by atoms with Gasteiger partial charge >= 0.3 is 0 Å². The number of aryl methyl sites for hydroxylation is 1. The molecule has 2 rings (SSSR count). The Bertz CT molecular complexity index is 639. The average molecular weight is 303 g/mol. The van der Waals surface area contributed by atoms with Gasteiger partial charge in [-0.15, -0.1) is 0 Å². The number of likely N-dealkylation sites (N-methyl/N-ethyl adjacent to an activating group) is 1. The summed E-state index contributed by atoms with van der Waals surface area (Å²) >= 11 is 0. The van der Waals surface area contributed by atoms with Crippen LogP contribution in [0, 0.1) is 6.92 Å². The molecule has 22 heavy (non-hydrogen) atoms. The molecular formula is C16H21N3O3. The van der Waals surface area contributed by atoms with E-state index in [4.69, 9.17) is 9.26 Å². The third kappa shape index (κ3) is 3.85. The average Bonchev–Trinajstić information content (AvgIpc) is 2.91. The van der Waals surface area contributed by atoms with Crippen LogP contribution in [-0.2, 0) is 4.79 Å². The summed E-state index contributed by atoms with van der Waals surface area (Å²) in [4.78, 5) is 14.0. The zero-order valence-corrected chi connectivity index (χ0v) is 13.3. The number of hydrogen-bond donors (Lipinski definition) is 1. The maximum absolute atomic E-state index is 12.1. The fourth-order valence-corrected chi connectivity index (χ4v) is 2.22. The standard InChI is InChI=1S/C16H21N3O3/c1-11-9-15(18-22-11)17-16(20)10-19(3)12(2)13-7-5-6-8-14(13)21-4/h5-9,12H,10H2,1-4H3,(H,17,18,20)/t12-/m1/s1. The van der Waals surface area contributed by atoms with E-state index in [1.165, 1.54) is 0 Å². The third-order valence-electron chi connectivity index (χ3n) is 3.54. The molecule has 1 aromatic carbocycles. The number of benzene rings is 1. The number of para-hydroxylation sites is 1. The van der Waals surface area contributed by atoms with Gasteiger partial charge in [-0.05, 0) is 27.0 Å². The van der Waals surface area contributed by atoms with Crippen molar-refractivity contribution in [3.05, 3.63) is 41.7 Å². The number of rotatable bonds is 6. The molecule has 1 amide bonds. The lowest BCUT2D eigenvalue weighted by Crippen LogP contribution is -2.32. The number of hydrogen-bond acceptors (Lipinski definition) is 5. The van der Waals surface area contributed by atoms with Crippen molar-refractivity contribution in [3.8, 4) is 5.75 Å². The molecule has 0 spiro atoms. The fourth-order valence-electron chi connectivity index (χ4n) is 2.22. The predicted molar refractivity (Wildman–Crippen MR) is 83.9 cm³/mol. The van der Waals surface area contributed by atoms with Crippen molar-refractivity contribution in [2.45, 2.75) is 19.9 Å². The number of nitrogens with one attached hydrogen (secondary N) is 1. The Morgan fingerprint density at radius 1 is 1.45 bits per heavy atom. The molecule has 0 bridgehead atoms. The molecule has 1 aromatic heterocycles. The zero-order valence-electron chi connectivity index (χ0n) is 13.3. The van der Waals surface area contributed by atoms with Crippen molar-refractivity contribution < 1.29 is 14.1 Å². The molecule has 0 radical (unpaired) electrons. The smallest absolute Gasteiger partial charge is 0.239 e. The van der Waals surface area contributed by atoms with E-state index >= 15 is 0 Å². The van der Waals surface area contributed by atoms with Crippen LogP contribution < -0.4 is 10.1 Å². The van der Waals surface area contributed by atoms with Gasteiger partial charge in [0.25, 0.3) is 0 Å². The van der Waals surface area contributed by atoms with Gasteiger partial charge in [-0.3, -0.25) is 9.69 Å². The lowest BCUT2D eigenvalue weighted by Gasteiger charge is -2.25. The van der Waals surface area contributed by atoms with E-state index in [9.17, 15) is 4.79 Å². The topological polar surface area (TPSA) is 67.6 Å². The minimum absolute atomic E-state index is 0.0425. The van der Waals surface area contributed by atoms with E-state index in [1.807, 2.05) is 43.1 Å². The van der Waals surface area contributed by atoms with Crippen LogP contribution in [0.5, 0.6) is 5.75 Å². The lowest BCUT2D eigenvalue weighted by atomic mass is 10.1. The SMILES string of the molecule is COc1ccccc1[C@@H](C)N(C)CC(=O)Nc1cc(C)on1. The second-order valence-corrected chi connectivity index (χ2v) is 5.20. The summed E-state index contributed by atoms with van der Waals surface area (Å²) < 4.78 is 10.3. The predicted octanol–water partition coefficient (Wildman–Crippen LogP) is 2.62. The van der Waals surface area contributed by atoms with Crippen molar-refractivity contribution >= 4 is 11.7 Å². The minimum atomic E-state index is -0.141. The Balaban J connectivity index is 1.98. The molecule has 2 aromatic rings. The Morgan fingerprint density at radius 3 is 2.82 bits per heavy atom. The quantitative estimate of drug-likeness (QED) is 0.888. The number of aromatic nitrogens is 1. The molecule has 0 saturated carbocycles. The molecule has 1 heterocycles. The summed E-state index contributed by atoms with van der Waals surface area (Å²) in [5.41, 5.74) is 1.04. The van der Waals surface area contributed by atoms with Crippen LogP contribution >= 0.6 is 0 Å². The first-order valence-electron chi connectivity index (χ1n) is 7.07. The highest BCUT2D eigenvalue weighted by Crippen LogP contribution is 2.27. The van der Waals surface area contributed by atoms with Gasteiger partial charge in [0.2, 0.25) is 5.91 Å². The molecule has 0 fully saturated rings. The summed E-state index contributed by atoms with van der Waals surface area (Å²) in [5, 5.41) is 6.46. The number of nitrogens with zero attached hydrogens (tertiary/aromatic N) is 2. The molecule has 0 aliphatic rings. The van der Waals surface area contributed by atoms with Crippen molar-refractivity contribution in [3.63, 3.8) is 0 Å². The Hall–Kier alpha value is -2.34. The van der Waals surface area contributed by atoms with E-state index in [-0.39, 0.29) is 18.5 Å².